The zero-order valence-electron chi connectivity index (χ0n) is 14.7. The molecule has 1 saturated carbocycles. The molecule has 2 fully saturated rings. The van der Waals surface area contributed by atoms with E-state index in [1.807, 2.05) is 18.2 Å². The van der Waals surface area contributed by atoms with Crippen LogP contribution >= 0.6 is 0 Å². The highest BCUT2D eigenvalue weighted by molar-refractivity contribution is 5.84. The fourth-order valence-corrected chi connectivity index (χ4v) is 3.60. The zero-order chi connectivity index (χ0) is 17.5. The van der Waals surface area contributed by atoms with Crippen molar-refractivity contribution in [3.8, 4) is 0 Å². The number of anilines is 1. The number of nitrogens with zero attached hydrogens (tertiary/aromatic N) is 2. The van der Waals surface area contributed by atoms with Crippen LogP contribution in [0.1, 0.15) is 32.1 Å². The lowest BCUT2D eigenvalue weighted by atomic mass is 9.95. The van der Waals surface area contributed by atoms with Crippen LogP contribution < -0.4 is 15.5 Å². The molecule has 0 aromatic heterocycles. The van der Waals surface area contributed by atoms with Crippen LogP contribution in [0, 0.1) is 0 Å². The quantitative estimate of drug-likeness (QED) is 0.878. The predicted molar refractivity (Wildman–Crippen MR) is 98.6 cm³/mol. The molecule has 6 heteroatoms. The second-order valence-corrected chi connectivity index (χ2v) is 6.87. The summed E-state index contributed by atoms with van der Waals surface area (Å²) >= 11 is 0. The van der Waals surface area contributed by atoms with Gasteiger partial charge in [-0.25, -0.2) is 4.79 Å². The lowest BCUT2D eigenvalue weighted by molar-refractivity contribution is -0.121. The van der Waals surface area contributed by atoms with Gasteiger partial charge in [0.25, 0.3) is 0 Å². The van der Waals surface area contributed by atoms with E-state index in [0.29, 0.717) is 13.1 Å². The van der Waals surface area contributed by atoms with Gasteiger partial charge in [0, 0.05) is 37.9 Å². The Hall–Kier alpha value is -2.24. The van der Waals surface area contributed by atoms with Crippen LogP contribution in [-0.2, 0) is 4.79 Å². The van der Waals surface area contributed by atoms with Crippen LogP contribution in [0.25, 0.3) is 0 Å². The molecule has 0 bridgehead atoms. The van der Waals surface area contributed by atoms with Gasteiger partial charge in [0.1, 0.15) is 0 Å². The van der Waals surface area contributed by atoms with Gasteiger partial charge in [-0.2, -0.15) is 0 Å². The molecule has 1 aromatic carbocycles. The molecule has 3 rings (SSSR count). The van der Waals surface area contributed by atoms with Crippen LogP contribution in [0.15, 0.2) is 30.3 Å². The number of amides is 3. The van der Waals surface area contributed by atoms with E-state index < -0.39 is 0 Å². The Labute approximate surface area is 149 Å². The van der Waals surface area contributed by atoms with Gasteiger partial charge in [-0.05, 0) is 25.0 Å². The number of carbonyl (C=O) groups excluding carboxylic acids is 2. The normalized spacial score (nSPS) is 18.7. The first-order chi connectivity index (χ1) is 12.2. The molecule has 1 aromatic rings. The van der Waals surface area contributed by atoms with Gasteiger partial charge in [0.2, 0.25) is 5.91 Å². The fraction of sp³-hybridized carbons (Fsp3) is 0.579. The Bertz CT molecular complexity index is 564. The molecular weight excluding hydrogens is 316 g/mol. The number of carbonyl (C=O) groups is 2. The van der Waals surface area contributed by atoms with Crippen LogP contribution in [0.2, 0.25) is 0 Å². The lowest BCUT2D eigenvalue weighted by Crippen LogP contribution is -2.53. The van der Waals surface area contributed by atoms with Gasteiger partial charge in [-0.15, -0.1) is 0 Å². The minimum absolute atomic E-state index is 0.0637. The first-order valence-electron chi connectivity index (χ1n) is 9.34. The Morgan fingerprint density at radius 2 is 1.64 bits per heavy atom. The van der Waals surface area contributed by atoms with E-state index in [9.17, 15) is 9.59 Å². The lowest BCUT2D eigenvalue weighted by Gasteiger charge is -2.36. The van der Waals surface area contributed by atoms with Crippen LogP contribution in [0.3, 0.4) is 0 Å². The number of benzene rings is 1. The molecule has 25 heavy (non-hydrogen) atoms. The maximum atomic E-state index is 12.3. The summed E-state index contributed by atoms with van der Waals surface area (Å²) in [5.74, 6) is -0.0804. The number of hydrogen-bond acceptors (Lipinski definition) is 3. The van der Waals surface area contributed by atoms with E-state index >= 15 is 0 Å². The maximum Gasteiger partial charge on any atom is 0.317 e. The Balaban J connectivity index is 1.37. The Morgan fingerprint density at radius 3 is 2.32 bits per heavy atom. The standard InChI is InChI=1S/C19H28N4O2/c24-18(21-16-7-3-1-4-8-16)15-20-19(25)23-13-11-22(12-14-23)17-9-5-2-6-10-17/h2,5-6,9-10,16H,1,3-4,7-8,11-15H2,(H,20,25)(H,21,24). The summed E-state index contributed by atoms with van der Waals surface area (Å²) in [4.78, 5) is 28.3. The molecule has 1 aliphatic heterocycles. The molecule has 0 spiro atoms. The van der Waals surface area contributed by atoms with Gasteiger partial charge in [-0.3, -0.25) is 4.79 Å². The van der Waals surface area contributed by atoms with Crippen molar-refractivity contribution in [2.24, 2.45) is 0 Å². The molecule has 2 aliphatic rings. The third-order valence-corrected chi connectivity index (χ3v) is 5.06. The van der Waals surface area contributed by atoms with E-state index in [1.165, 1.54) is 24.9 Å². The molecular formula is C19H28N4O2. The molecule has 0 unspecified atom stereocenters. The summed E-state index contributed by atoms with van der Waals surface area (Å²) in [6, 6.07) is 10.4. The summed E-state index contributed by atoms with van der Waals surface area (Å²) in [5, 5.41) is 5.78. The van der Waals surface area contributed by atoms with Gasteiger partial charge in [0.15, 0.2) is 0 Å². The monoisotopic (exact) mass is 344 g/mol. The number of nitrogens with one attached hydrogen (secondary N) is 2. The van der Waals surface area contributed by atoms with Gasteiger partial charge >= 0.3 is 6.03 Å². The number of piperazine rings is 1. The van der Waals surface area contributed by atoms with E-state index in [1.54, 1.807) is 4.90 Å². The van der Waals surface area contributed by atoms with Crippen molar-refractivity contribution in [1.29, 1.82) is 0 Å². The largest absolute Gasteiger partial charge is 0.368 e. The van der Waals surface area contributed by atoms with Crippen molar-refractivity contribution in [2.75, 3.05) is 37.6 Å². The third kappa shape index (κ3) is 5.11. The first-order valence-corrected chi connectivity index (χ1v) is 9.34. The van der Waals surface area contributed by atoms with E-state index in [2.05, 4.69) is 27.7 Å². The Kier molecular flexibility index (Phi) is 6.14. The van der Waals surface area contributed by atoms with Gasteiger partial charge in [-0.1, -0.05) is 37.5 Å². The van der Waals surface area contributed by atoms with E-state index in [4.69, 9.17) is 0 Å². The van der Waals surface area contributed by atoms with Crippen LogP contribution in [-0.4, -0.2) is 55.6 Å². The van der Waals surface area contributed by atoms with Gasteiger partial charge in [0.05, 0.1) is 6.54 Å². The number of hydrogen-bond donors (Lipinski definition) is 2. The fourth-order valence-electron chi connectivity index (χ4n) is 3.60. The average molecular weight is 344 g/mol. The molecule has 0 radical (unpaired) electrons. The molecule has 136 valence electrons. The van der Waals surface area contributed by atoms with E-state index in [-0.39, 0.29) is 24.5 Å². The molecule has 6 nitrogen and oxygen atoms in total. The number of rotatable bonds is 4. The smallest absolute Gasteiger partial charge is 0.317 e. The Morgan fingerprint density at radius 1 is 0.960 bits per heavy atom. The van der Waals surface area contributed by atoms with Gasteiger partial charge < -0.3 is 20.4 Å². The summed E-state index contributed by atoms with van der Waals surface area (Å²) < 4.78 is 0. The highest BCUT2D eigenvalue weighted by Gasteiger charge is 2.22. The summed E-state index contributed by atoms with van der Waals surface area (Å²) in [7, 11) is 0. The molecule has 1 saturated heterocycles. The van der Waals surface area contributed by atoms with Crippen molar-refractivity contribution < 1.29 is 9.59 Å². The summed E-state index contributed by atoms with van der Waals surface area (Å²) in [5.41, 5.74) is 1.19. The topological polar surface area (TPSA) is 64.7 Å². The minimum Gasteiger partial charge on any atom is -0.368 e. The third-order valence-electron chi connectivity index (χ3n) is 5.06. The average Bonchev–Trinajstić information content (AvgIpc) is 2.68. The summed E-state index contributed by atoms with van der Waals surface area (Å²) in [6.45, 7) is 3.03. The minimum atomic E-state index is -0.147. The van der Waals surface area contributed by atoms with Crippen molar-refractivity contribution >= 4 is 17.6 Å². The van der Waals surface area contributed by atoms with Crippen molar-refractivity contribution in [3.05, 3.63) is 30.3 Å². The number of urea groups is 1. The second-order valence-electron chi connectivity index (χ2n) is 6.87. The van der Waals surface area contributed by atoms with Crippen molar-refractivity contribution in [1.82, 2.24) is 15.5 Å². The molecule has 1 heterocycles. The van der Waals surface area contributed by atoms with Crippen LogP contribution in [0.5, 0.6) is 0 Å². The predicted octanol–water partition coefficient (Wildman–Crippen LogP) is 1.97. The number of para-hydroxylation sites is 1. The molecule has 3 amide bonds. The first kappa shape index (κ1) is 17.6. The zero-order valence-corrected chi connectivity index (χ0v) is 14.7. The molecule has 0 atom stereocenters. The SMILES string of the molecule is O=C(CNC(=O)N1CCN(c2ccccc2)CC1)NC1CCCCC1. The second kappa shape index (κ2) is 8.74. The molecule has 2 N–H and O–H groups in total. The van der Waals surface area contributed by atoms with Crippen molar-refractivity contribution in [2.45, 2.75) is 38.1 Å². The highest BCUT2D eigenvalue weighted by Crippen LogP contribution is 2.17. The maximum absolute atomic E-state index is 12.3. The van der Waals surface area contributed by atoms with E-state index in [0.717, 1.165) is 25.9 Å². The molecule has 1 aliphatic carbocycles. The summed E-state index contributed by atoms with van der Waals surface area (Å²) in [6.07, 6.45) is 5.74. The van der Waals surface area contributed by atoms with Crippen LogP contribution in [0.4, 0.5) is 10.5 Å². The highest BCUT2D eigenvalue weighted by atomic mass is 16.2. The van der Waals surface area contributed by atoms with Crippen molar-refractivity contribution in [3.63, 3.8) is 0 Å².